The smallest absolute Gasteiger partial charge is 0.350 e. The van der Waals surface area contributed by atoms with Crippen molar-refractivity contribution in [3.63, 3.8) is 0 Å². The van der Waals surface area contributed by atoms with Crippen LogP contribution in [-0.2, 0) is 28.0 Å². The van der Waals surface area contributed by atoms with Gasteiger partial charge in [0.25, 0.3) is 0 Å². The molecule has 0 bridgehead atoms. The van der Waals surface area contributed by atoms with Crippen LogP contribution in [0.2, 0.25) is 0 Å². The molecular weight excluding hydrogens is 261 g/mol. The van der Waals surface area contributed by atoms with Crippen LogP contribution in [0.3, 0.4) is 0 Å². The first-order chi connectivity index (χ1) is 8.42. The molecule has 1 rings (SSSR count). The summed E-state index contributed by atoms with van der Waals surface area (Å²) in [5, 5.41) is 1.37. The van der Waals surface area contributed by atoms with Crippen LogP contribution in [0.15, 0.2) is 0 Å². The van der Waals surface area contributed by atoms with E-state index in [0.29, 0.717) is 0 Å². The SMILES string of the molecule is CCOP(=O)(OCC)[C@H]1C[C@@H](OC(C)=O)ON1C. The van der Waals surface area contributed by atoms with E-state index in [4.69, 9.17) is 18.6 Å². The van der Waals surface area contributed by atoms with Crippen LogP contribution >= 0.6 is 7.60 Å². The predicted molar refractivity (Wildman–Crippen MR) is 63.7 cm³/mol. The van der Waals surface area contributed by atoms with Gasteiger partial charge >= 0.3 is 13.6 Å². The molecule has 0 N–H and O–H groups in total. The fourth-order valence-corrected chi connectivity index (χ4v) is 3.79. The first-order valence-corrected chi connectivity index (χ1v) is 7.49. The highest BCUT2D eigenvalue weighted by atomic mass is 31.2. The van der Waals surface area contributed by atoms with Gasteiger partial charge in [-0.3, -0.25) is 14.2 Å². The molecule has 1 heterocycles. The van der Waals surface area contributed by atoms with Gasteiger partial charge in [0.1, 0.15) is 5.78 Å². The number of rotatable bonds is 6. The van der Waals surface area contributed by atoms with Crippen LogP contribution in [0.25, 0.3) is 0 Å². The van der Waals surface area contributed by atoms with Crippen LogP contribution < -0.4 is 0 Å². The van der Waals surface area contributed by atoms with Crippen LogP contribution in [0.5, 0.6) is 0 Å². The molecule has 0 amide bonds. The number of esters is 1. The van der Waals surface area contributed by atoms with Crippen molar-refractivity contribution < 1.29 is 28.0 Å². The Labute approximate surface area is 107 Å². The standard InChI is InChI=1S/C10H20NO6P/c1-5-14-18(13,15-6-2)9-7-10(16-8(3)12)17-11(9)4/h9-10H,5-7H2,1-4H3/t9-,10-/m0/s1. The molecule has 1 fully saturated rings. The number of carbonyl (C=O) groups excluding carboxylic acids is 1. The Balaban J connectivity index is 2.74. The van der Waals surface area contributed by atoms with Crippen molar-refractivity contribution in [2.45, 2.75) is 39.3 Å². The maximum atomic E-state index is 12.6. The number of hydroxylamine groups is 2. The Morgan fingerprint density at radius 2 is 1.94 bits per heavy atom. The molecule has 18 heavy (non-hydrogen) atoms. The van der Waals surface area contributed by atoms with Gasteiger partial charge in [-0.15, -0.1) is 0 Å². The molecule has 0 aromatic carbocycles. The van der Waals surface area contributed by atoms with Crippen LogP contribution in [0.1, 0.15) is 27.2 Å². The molecule has 2 atom stereocenters. The van der Waals surface area contributed by atoms with Gasteiger partial charge < -0.3 is 13.8 Å². The van der Waals surface area contributed by atoms with Crippen molar-refractivity contribution in [1.82, 2.24) is 5.06 Å². The lowest BCUT2D eigenvalue weighted by atomic mass is 10.4. The van der Waals surface area contributed by atoms with Gasteiger partial charge in [0.2, 0.25) is 6.29 Å². The average Bonchev–Trinajstić information content (AvgIpc) is 2.59. The fourth-order valence-electron chi connectivity index (χ4n) is 1.77. The summed E-state index contributed by atoms with van der Waals surface area (Å²) in [7, 11) is -1.68. The lowest BCUT2D eigenvalue weighted by molar-refractivity contribution is -0.222. The first-order valence-electron chi connectivity index (χ1n) is 5.88. The van der Waals surface area contributed by atoms with Gasteiger partial charge in [0, 0.05) is 20.4 Å². The highest BCUT2D eigenvalue weighted by Crippen LogP contribution is 2.57. The summed E-state index contributed by atoms with van der Waals surface area (Å²) < 4.78 is 28.0. The molecule has 1 saturated heterocycles. The van der Waals surface area contributed by atoms with E-state index in [1.165, 1.54) is 12.0 Å². The Hall–Kier alpha value is -0.460. The Kier molecular flexibility index (Phi) is 5.75. The molecule has 0 spiro atoms. The minimum absolute atomic E-state index is 0.257. The molecule has 7 nitrogen and oxygen atoms in total. The molecule has 8 heteroatoms. The number of hydrogen-bond acceptors (Lipinski definition) is 7. The normalized spacial score (nSPS) is 25.3. The molecule has 0 aromatic rings. The summed E-state index contributed by atoms with van der Waals surface area (Å²) in [6.45, 7) is 5.33. The first kappa shape index (κ1) is 15.6. The Morgan fingerprint density at radius 1 is 1.39 bits per heavy atom. The lowest BCUT2D eigenvalue weighted by Gasteiger charge is -2.25. The number of carbonyl (C=O) groups is 1. The fraction of sp³-hybridized carbons (Fsp3) is 0.900. The highest BCUT2D eigenvalue weighted by molar-refractivity contribution is 7.54. The van der Waals surface area contributed by atoms with E-state index in [2.05, 4.69) is 0 Å². The van der Waals surface area contributed by atoms with Crippen molar-refractivity contribution in [3.05, 3.63) is 0 Å². The van der Waals surface area contributed by atoms with Crippen LogP contribution in [0.4, 0.5) is 0 Å². The number of hydrogen-bond donors (Lipinski definition) is 0. The maximum absolute atomic E-state index is 12.6. The monoisotopic (exact) mass is 281 g/mol. The van der Waals surface area contributed by atoms with E-state index in [1.54, 1.807) is 20.9 Å². The summed E-state index contributed by atoms with van der Waals surface area (Å²) in [4.78, 5) is 16.1. The molecule has 106 valence electrons. The third-order valence-corrected chi connectivity index (χ3v) is 4.89. The highest BCUT2D eigenvalue weighted by Gasteiger charge is 2.47. The molecular formula is C10H20NO6P. The van der Waals surface area contributed by atoms with Crippen LogP contribution in [-0.4, -0.2) is 43.4 Å². The summed E-state index contributed by atoms with van der Waals surface area (Å²) in [6.07, 6.45) is -0.486. The summed E-state index contributed by atoms with van der Waals surface area (Å²) >= 11 is 0. The summed E-state index contributed by atoms with van der Waals surface area (Å²) in [6, 6.07) is 0. The molecule has 1 aliphatic heterocycles. The van der Waals surface area contributed by atoms with Crippen molar-refractivity contribution in [3.8, 4) is 0 Å². The Morgan fingerprint density at radius 3 is 2.39 bits per heavy atom. The van der Waals surface area contributed by atoms with Crippen LogP contribution in [0, 0.1) is 0 Å². The van der Waals surface area contributed by atoms with Gasteiger partial charge in [0.05, 0.1) is 13.2 Å². The van der Waals surface area contributed by atoms with Crippen molar-refractivity contribution in [2.24, 2.45) is 0 Å². The molecule has 0 saturated carbocycles. The quantitative estimate of drug-likeness (QED) is 0.542. The third-order valence-electron chi connectivity index (χ3n) is 2.39. The predicted octanol–water partition coefficient (Wildman–Crippen LogP) is 1.73. The second-order valence-corrected chi connectivity index (χ2v) is 5.97. The molecule has 0 unspecified atom stereocenters. The number of nitrogens with zero attached hydrogens (tertiary/aromatic N) is 1. The van der Waals surface area contributed by atoms with Crippen molar-refractivity contribution in [2.75, 3.05) is 20.3 Å². The van der Waals surface area contributed by atoms with Gasteiger partial charge in [-0.25, -0.2) is 0 Å². The Bertz CT molecular complexity index is 326. The zero-order valence-corrected chi connectivity index (χ0v) is 12.0. The molecule has 1 aliphatic rings. The second kappa shape index (κ2) is 6.63. The van der Waals surface area contributed by atoms with Crippen molar-refractivity contribution in [1.29, 1.82) is 0 Å². The zero-order chi connectivity index (χ0) is 13.8. The average molecular weight is 281 g/mol. The molecule has 0 aliphatic carbocycles. The summed E-state index contributed by atoms with van der Waals surface area (Å²) in [5.41, 5.74) is 0. The van der Waals surface area contributed by atoms with E-state index < -0.39 is 25.6 Å². The van der Waals surface area contributed by atoms with Gasteiger partial charge in [-0.1, -0.05) is 0 Å². The van der Waals surface area contributed by atoms with E-state index in [-0.39, 0.29) is 19.6 Å². The van der Waals surface area contributed by atoms with Gasteiger partial charge in [0.15, 0.2) is 0 Å². The van der Waals surface area contributed by atoms with E-state index in [9.17, 15) is 9.36 Å². The maximum Gasteiger partial charge on any atom is 0.350 e. The van der Waals surface area contributed by atoms with Gasteiger partial charge in [-0.05, 0) is 13.8 Å². The largest absolute Gasteiger partial charge is 0.434 e. The van der Waals surface area contributed by atoms with Gasteiger partial charge in [-0.2, -0.15) is 5.06 Å². The topological polar surface area (TPSA) is 74.3 Å². The molecule has 0 aromatic heterocycles. The lowest BCUT2D eigenvalue weighted by Crippen LogP contribution is -2.25. The minimum Gasteiger partial charge on any atom is -0.434 e. The summed E-state index contributed by atoms with van der Waals surface area (Å²) in [5.74, 6) is -1.02. The second-order valence-electron chi connectivity index (χ2n) is 3.78. The van der Waals surface area contributed by atoms with E-state index >= 15 is 0 Å². The van der Waals surface area contributed by atoms with Crippen molar-refractivity contribution >= 4 is 13.6 Å². The molecule has 0 radical (unpaired) electrons. The zero-order valence-electron chi connectivity index (χ0n) is 11.1. The third kappa shape index (κ3) is 3.76. The minimum atomic E-state index is -3.29. The van der Waals surface area contributed by atoms with E-state index in [1.807, 2.05) is 0 Å². The van der Waals surface area contributed by atoms with E-state index in [0.717, 1.165) is 0 Å². The number of ether oxygens (including phenoxy) is 1.